The minimum Gasteiger partial charge on any atom is -0.490 e. The highest BCUT2D eigenvalue weighted by atomic mass is 35.5. The van der Waals surface area contributed by atoms with E-state index in [-0.39, 0.29) is 12.1 Å². The number of ether oxygens (including phenoxy) is 2. The van der Waals surface area contributed by atoms with Crippen LogP contribution in [0.15, 0.2) is 48.5 Å². The molecule has 1 N–H and O–H groups in total. The van der Waals surface area contributed by atoms with Gasteiger partial charge in [0.1, 0.15) is 11.9 Å². The summed E-state index contributed by atoms with van der Waals surface area (Å²) in [4.78, 5) is 17.5. The topological polar surface area (TPSA) is 54.0 Å². The Labute approximate surface area is 225 Å². The Kier molecular flexibility index (Phi) is 7.59. The highest BCUT2D eigenvalue weighted by Crippen LogP contribution is 2.38. The van der Waals surface area contributed by atoms with Gasteiger partial charge in [-0.25, -0.2) is 4.79 Å². The number of benzene rings is 2. The van der Waals surface area contributed by atoms with Crippen molar-refractivity contribution < 1.29 is 14.3 Å². The Morgan fingerprint density at radius 1 is 0.946 bits per heavy atom. The van der Waals surface area contributed by atoms with Gasteiger partial charge in [0.05, 0.1) is 6.61 Å². The number of piperidine rings is 2. The van der Waals surface area contributed by atoms with Gasteiger partial charge < -0.3 is 19.7 Å². The summed E-state index contributed by atoms with van der Waals surface area (Å²) >= 11 is 6.02. The summed E-state index contributed by atoms with van der Waals surface area (Å²) in [6.07, 6.45) is 8.22. The maximum absolute atomic E-state index is 12.8. The van der Waals surface area contributed by atoms with Gasteiger partial charge >= 0.3 is 6.03 Å². The van der Waals surface area contributed by atoms with E-state index in [9.17, 15) is 4.79 Å². The monoisotopic (exact) mass is 523 g/mol. The molecule has 2 aromatic carbocycles. The van der Waals surface area contributed by atoms with Gasteiger partial charge in [-0.2, -0.15) is 0 Å². The number of carbonyl (C=O) groups excluding carboxylic acids is 1. The summed E-state index contributed by atoms with van der Waals surface area (Å²) in [7, 11) is 0. The van der Waals surface area contributed by atoms with E-state index in [1.807, 2.05) is 41.3 Å². The highest BCUT2D eigenvalue weighted by molar-refractivity contribution is 6.30. The van der Waals surface area contributed by atoms with Crippen LogP contribution in [0.2, 0.25) is 5.02 Å². The summed E-state index contributed by atoms with van der Waals surface area (Å²) in [5.74, 6) is 2.08. The lowest BCUT2D eigenvalue weighted by atomic mass is 9.89. The number of nitrogens with zero attached hydrogens (tertiary/aromatic N) is 2. The van der Waals surface area contributed by atoms with E-state index in [0.29, 0.717) is 23.9 Å². The molecule has 6 rings (SSSR count). The molecule has 2 amide bonds. The highest BCUT2D eigenvalue weighted by Gasteiger charge is 2.42. The van der Waals surface area contributed by atoms with Gasteiger partial charge in [0, 0.05) is 49.0 Å². The van der Waals surface area contributed by atoms with Crippen LogP contribution >= 0.6 is 11.6 Å². The Hall–Kier alpha value is -2.28. The van der Waals surface area contributed by atoms with Gasteiger partial charge in [-0.15, -0.1) is 0 Å². The second kappa shape index (κ2) is 11.2. The van der Waals surface area contributed by atoms with Crippen molar-refractivity contribution in [1.82, 2.24) is 9.80 Å². The molecule has 1 unspecified atom stereocenters. The number of likely N-dealkylation sites (tertiary alicyclic amines) is 1. The van der Waals surface area contributed by atoms with Crippen molar-refractivity contribution in [3.63, 3.8) is 0 Å². The first-order valence-electron chi connectivity index (χ1n) is 14.0. The molecule has 2 aromatic rings. The lowest BCUT2D eigenvalue weighted by molar-refractivity contribution is 0.0381. The van der Waals surface area contributed by atoms with Gasteiger partial charge in [-0.3, -0.25) is 4.90 Å². The maximum Gasteiger partial charge on any atom is 0.321 e. The van der Waals surface area contributed by atoms with Crippen molar-refractivity contribution in [3.8, 4) is 5.75 Å². The summed E-state index contributed by atoms with van der Waals surface area (Å²) in [6.45, 7) is 4.57. The molecule has 0 radical (unpaired) electrons. The third-order valence-corrected chi connectivity index (χ3v) is 9.12. The molecule has 4 saturated heterocycles. The fourth-order valence-corrected chi connectivity index (χ4v) is 6.93. The smallest absolute Gasteiger partial charge is 0.321 e. The van der Waals surface area contributed by atoms with E-state index < -0.39 is 0 Å². The second-order valence-corrected chi connectivity index (χ2v) is 11.7. The maximum atomic E-state index is 12.8. The van der Waals surface area contributed by atoms with Gasteiger partial charge in [-0.05, 0) is 98.7 Å². The van der Waals surface area contributed by atoms with E-state index in [1.54, 1.807) is 0 Å². The number of rotatable bonds is 6. The normalized spacial score (nSPS) is 28.4. The van der Waals surface area contributed by atoms with Gasteiger partial charge in [-0.1, -0.05) is 23.7 Å². The van der Waals surface area contributed by atoms with Crippen LogP contribution in [0.25, 0.3) is 0 Å². The molecule has 0 aliphatic carbocycles. The molecule has 0 aromatic heterocycles. The van der Waals surface area contributed by atoms with Crippen molar-refractivity contribution in [1.29, 1.82) is 0 Å². The number of amides is 2. The number of fused-ring (bicyclic) bond motifs is 2. The molecule has 0 saturated carbocycles. The van der Waals surface area contributed by atoms with Crippen LogP contribution in [-0.2, 0) is 4.74 Å². The van der Waals surface area contributed by atoms with Crippen LogP contribution in [0.3, 0.4) is 0 Å². The number of hydrogen-bond acceptors (Lipinski definition) is 4. The average molecular weight is 524 g/mol. The molecular formula is C30H38ClN3O3. The number of carbonyl (C=O) groups is 1. The zero-order valence-corrected chi connectivity index (χ0v) is 22.2. The van der Waals surface area contributed by atoms with Crippen molar-refractivity contribution >= 4 is 23.3 Å². The fourth-order valence-electron chi connectivity index (χ4n) is 6.81. The zero-order valence-electron chi connectivity index (χ0n) is 21.5. The van der Waals surface area contributed by atoms with E-state index in [4.69, 9.17) is 21.1 Å². The Balaban J connectivity index is 0.963. The van der Waals surface area contributed by atoms with Crippen LogP contribution in [-0.4, -0.2) is 66.9 Å². The Morgan fingerprint density at radius 3 is 2.30 bits per heavy atom. The van der Waals surface area contributed by atoms with Gasteiger partial charge in [0.15, 0.2) is 0 Å². The standard InChI is InChI=1S/C30H38ClN3O3/c31-24-3-1-22(2-4-24)23-11-14-33(15-12-23)30(35)32-25-5-9-28(10-6-25)37-29-17-26-7-8-27(18-29)34(26)19-21-13-16-36-20-21/h1-6,9-10,21,23,26-27,29H,7-8,11-20H2,(H,32,35)/t21?,26-,27+,29+. The fraction of sp³-hybridized carbons (Fsp3) is 0.567. The molecule has 4 atom stereocenters. The van der Waals surface area contributed by atoms with Crippen molar-refractivity contribution in [2.24, 2.45) is 5.92 Å². The molecule has 198 valence electrons. The number of hydrogen-bond donors (Lipinski definition) is 1. The first-order chi connectivity index (χ1) is 18.1. The number of anilines is 1. The lowest BCUT2D eigenvalue weighted by Crippen LogP contribution is -2.48. The molecule has 4 aliphatic rings. The minimum absolute atomic E-state index is 0.0279. The first kappa shape index (κ1) is 25.0. The molecule has 4 fully saturated rings. The average Bonchev–Trinajstić information content (AvgIpc) is 3.51. The molecule has 2 bridgehead atoms. The number of nitrogens with one attached hydrogen (secondary N) is 1. The second-order valence-electron chi connectivity index (χ2n) is 11.3. The van der Waals surface area contributed by atoms with Crippen molar-refractivity contribution in [3.05, 3.63) is 59.1 Å². The van der Waals surface area contributed by atoms with Gasteiger partial charge in [0.25, 0.3) is 0 Å². The third kappa shape index (κ3) is 5.92. The van der Waals surface area contributed by atoms with E-state index in [0.717, 1.165) is 68.4 Å². The molecule has 37 heavy (non-hydrogen) atoms. The zero-order chi connectivity index (χ0) is 25.2. The van der Waals surface area contributed by atoms with Crippen LogP contribution < -0.4 is 10.1 Å². The van der Waals surface area contributed by atoms with E-state index in [2.05, 4.69) is 22.3 Å². The van der Waals surface area contributed by atoms with Crippen LogP contribution in [0.1, 0.15) is 56.4 Å². The Bertz CT molecular complexity index is 1030. The molecule has 7 heteroatoms. The summed E-state index contributed by atoms with van der Waals surface area (Å²) < 4.78 is 12.0. The van der Waals surface area contributed by atoms with Crippen LogP contribution in [0, 0.1) is 5.92 Å². The quantitative estimate of drug-likeness (QED) is 0.492. The Morgan fingerprint density at radius 2 is 1.65 bits per heavy atom. The predicted molar refractivity (Wildman–Crippen MR) is 147 cm³/mol. The van der Waals surface area contributed by atoms with Crippen LogP contribution in [0.5, 0.6) is 5.75 Å². The molecule has 4 heterocycles. The largest absolute Gasteiger partial charge is 0.490 e. The van der Waals surface area contributed by atoms with Crippen molar-refractivity contribution in [2.45, 2.75) is 69.1 Å². The predicted octanol–water partition coefficient (Wildman–Crippen LogP) is 6.16. The first-order valence-corrected chi connectivity index (χ1v) is 14.4. The number of urea groups is 1. The van der Waals surface area contributed by atoms with Gasteiger partial charge in [0.2, 0.25) is 0 Å². The summed E-state index contributed by atoms with van der Waals surface area (Å²) in [5.41, 5.74) is 2.12. The third-order valence-electron chi connectivity index (χ3n) is 8.87. The number of halogens is 1. The van der Waals surface area contributed by atoms with E-state index in [1.165, 1.54) is 31.4 Å². The summed E-state index contributed by atoms with van der Waals surface area (Å²) in [5, 5.41) is 3.83. The molecular weight excluding hydrogens is 486 g/mol. The lowest BCUT2D eigenvalue weighted by Gasteiger charge is -2.40. The van der Waals surface area contributed by atoms with Crippen LogP contribution in [0.4, 0.5) is 10.5 Å². The molecule has 4 aliphatic heterocycles. The molecule has 0 spiro atoms. The minimum atomic E-state index is -0.0279. The van der Waals surface area contributed by atoms with E-state index >= 15 is 0 Å². The summed E-state index contributed by atoms with van der Waals surface area (Å²) in [6, 6.07) is 17.3. The SMILES string of the molecule is O=C(Nc1ccc(O[C@H]2C[C@H]3CC[C@@H](C2)N3CC2CCOC2)cc1)N1CCC(c2ccc(Cl)cc2)CC1. The van der Waals surface area contributed by atoms with Crippen molar-refractivity contribution in [2.75, 3.05) is 38.2 Å². The molecule has 6 nitrogen and oxygen atoms in total.